The van der Waals surface area contributed by atoms with Crippen LogP contribution in [0, 0.1) is 0 Å². The van der Waals surface area contributed by atoms with Gasteiger partial charge >= 0.3 is 12.0 Å². The standard InChI is InChI=1S/C27H22N4O4/c32-24-15-28-27(34)30(24)16-20-11-7-8-14-23(20)26(33)35-18-21-17-31(22-12-5-2-6-13-22)29-25(21)19-9-3-1-4-10-19/h1-14,17H,15-16,18H2,(H,28,34). The van der Waals surface area contributed by atoms with Gasteiger partial charge in [-0.1, -0.05) is 66.7 Å². The number of benzene rings is 3. The molecule has 0 spiro atoms. The van der Waals surface area contributed by atoms with Gasteiger partial charge in [0.2, 0.25) is 5.91 Å². The van der Waals surface area contributed by atoms with Crippen LogP contribution in [0.1, 0.15) is 21.5 Å². The first-order chi connectivity index (χ1) is 17.1. The number of imide groups is 1. The van der Waals surface area contributed by atoms with Crippen LogP contribution in [0.4, 0.5) is 4.79 Å². The summed E-state index contributed by atoms with van der Waals surface area (Å²) in [6.07, 6.45) is 1.85. The zero-order chi connectivity index (χ0) is 24.2. The van der Waals surface area contributed by atoms with Crippen molar-refractivity contribution in [1.82, 2.24) is 20.0 Å². The van der Waals surface area contributed by atoms with E-state index in [1.54, 1.807) is 28.9 Å². The lowest BCUT2D eigenvalue weighted by Crippen LogP contribution is -2.31. The molecule has 4 aromatic rings. The summed E-state index contributed by atoms with van der Waals surface area (Å²) in [6, 6.07) is 25.7. The van der Waals surface area contributed by atoms with E-state index in [2.05, 4.69) is 5.32 Å². The molecule has 0 bridgehead atoms. The molecule has 3 aromatic carbocycles. The summed E-state index contributed by atoms with van der Waals surface area (Å²) in [5, 5.41) is 7.23. The molecule has 5 rings (SSSR count). The molecule has 35 heavy (non-hydrogen) atoms. The highest BCUT2D eigenvalue weighted by molar-refractivity contribution is 6.02. The lowest BCUT2D eigenvalue weighted by molar-refractivity contribution is -0.125. The Kier molecular flexibility index (Phi) is 6.09. The summed E-state index contributed by atoms with van der Waals surface area (Å²) in [5.41, 5.74) is 4.10. The van der Waals surface area contributed by atoms with E-state index < -0.39 is 12.0 Å². The second-order valence-corrected chi connectivity index (χ2v) is 8.02. The Morgan fingerprint density at radius 2 is 1.57 bits per heavy atom. The monoisotopic (exact) mass is 466 g/mol. The zero-order valence-electron chi connectivity index (χ0n) is 18.8. The third-order valence-electron chi connectivity index (χ3n) is 5.72. The van der Waals surface area contributed by atoms with E-state index in [0.29, 0.717) is 11.1 Å². The van der Waals surface area contributed by atoms with Crippen LogP contribution in [-0.2, 0) is 22.7 Å². The van der Waals surface area contributed by atoms with Crippen molar-refractivity contribution in [3.05, 3.63) is 108 Å². The van der Waals surface area contributed by atoms with Crippen molar-refractivity contribution in [1.29, 1.82) is 0 Å². The van der Waals surface area contributed by atoms with Crippen LogP contribution < -0.4 is 5.32 Å². The summed E-state index contributed by atoms with van der Waals surface area (Å²) in [6.45, 7) is -0.0381. The van der Waals surface area contributed by atoms with Gasteiger partial charge in [0, 0.05) is 17.3 Å². The minimum absolute atomic E-state index is 0.00283. The predicted molar refractivity (Wildman–Crippen MR) is 129 cm³/mol. The molecule has 1 aliphatic rings. The van der Waals surface area contributed by atoms with Gasteiger partial charge in [-0.3, -0.25) is 9.69 Å². The Morgan fingerprint density at radius 3 is 2.29 bits per heavy atom. The maximum absolute atomic E-state index is 13.0. The number of esters is 1. The molecule has 0 radical (unpaired) electrons. The van der Waals surface area contributed by atoms with Gasteiger partial charge in [0.25, 0.3) is 0 Å². The molecule has 2 heterocycles. The van der Waals surface area contributed by atoms with Crippen LogP contribution in [0.25, 0.3) is 16.9 Å². The Labute approximate surface area is 201 Å². The van der Waals surface area contributed by atoms with E-state index in [1.807, 2.05) is 66.9 Å². The minimum atomic E-state index is -0.542. The number of aromatic nitrogens is 2. The topological polar surface area (TPSA) is 93.5 Å². The van der Waals surface area contributed by atoms with Gasteiger partial charge < -0.3 is 10.1 Å². The van der Waals surface area contributed by atoms with E-state index in [0.717, 1.165) is 27.4 Å². The van der Waals surface area contributed by atoms with Crippen molar-refractivity contribution in [3.8, 4) is 16.9 Å². The van der Waals surface area contributed by atoms with Crippen LogP contribution in [0.2, 0.25) is 0 Å². The van der Waals surface area contributed by atoms with Gasteiger partial charge in [0.05, 0.1) is 30.0 Å². The molecule has 1 fully saturated rings. The fourth-order valence-corrected chi connectivity index (χ4v) is 3.93. The van der Waals surface area contributed by atoms with Crippen molar-refractivity contribution in [2.75, 3.05) is 6.54 Å². The summed E-state index contributed by atoms with van der Waals surface area (Å²) in [7, 11) is 0. The molecule has 3 amide bonds. The molecule has 1 aliphatic heterocycles. The van der Waals surface area contributed by atoms with Gasteiger partial charge in [-0.05, 0) is 23.8 Å². The molecular formula is C27H22N4O4. The van der Waals surface area contributed by atoms with Gasteiger partial charge in [0.15, 0.2) is 0 Å². The maximum Gasteiger partial charge on any atom is 0.338 e. The van der Waals surface area contributed by atoms with Crippen molar-refractivity contribution in [3.63, 3.8) is 0 Å². The number of carbonyl (C=O) groups excluding carboxylic acids is 3. The van der Waals surface area contributed by atoms with Crippen LogP contribution in [-0.4, -0.2) is 39.1 Å². The normalized spacial score (nSPS) is 13.1. The molecule has 1 N–H and O–H groups in total. The first kappa shape index (κ1) is 22.1. The number of para-hydroxylation sites is 1. The zero-order valence-corrected chi connectivity index (χ0v) is 18.8. The minimum Gasteiger partial charge on any atom is -0.457 e. The number of rotatable bonds is 7. The molecule has 174 valence electrons. The number of nitrogens with one attached hydrogen (secondary N) is 1. The van der Waals surface area contributed by atoms with E-state index in [-0.39, 0.29) is 25.6 Å². The number of nitrogens with zero attached hydrogens (tertiary/aromatic N) is 3. The second kappa shape index (κ2) is 9.64. The largest absolute Gasteiger partial charge is 0.457 e. The van der Waals surface area contributed by atoms with E-state index >= 15 is 0 Å². The molecule has 0 saturated carbocycles. The molecule has 1 saturated heterocycles. The first-order valence-corrected chi connectivity index (χ1v) is 11.1. The van der Waals surface area contributed by atoms with Crippen LogP contribution >= 0.6 is 0 Å². The van der Waals surface area contributed by atoms with Crippen LogP contribution in [0.5, 0.6) is 0 Å². The Morgan fingerprint density at radius 1 is 0.886 bits per heavy atom. The Bertz CT molecular complexity index is 1370. The van der Waals surface area contributed by atoms with Crippen molar-refractivity contribution < 1.29 is 19.1 Å². The third kappa shape index (κ3) is 4.67. The molecule has 1 aromatic heterocycles. The lowest BCUT2D eigenvalue weighted by atomic mass is 10.1. The highest BCUT2D eigenvalue weighted by Gasteiger charge is 2.29. The highest BCUT2D eigenvalue weighted by atomic mass is 16.5. The number of ether oxygens (including phenoxy) is 1. The Balaban J connectivity index is 1.39. The molecule has 0 aliphatic carbocycles. The summed E-state index contributed by atoms with van der Waals surface area (Å²) >= 11 is 0. The van der Waals surface area contributed by atoms with E-state index in [1.165, 1.54) is 0 Å². The number of hydrogen-bond donors (Lipinski definition) is 1. The Hall–Kier alpha value is -4.72. The van der Waals surface area contributed by atoms with Crippen LogP contribution in [0.3, 0.4) is 0 Å². The number of urea groups is 1. The summed E-state index contributed by atoms with van der Waals surface area (Å²) < 4.78 is 7.45. The predicted octanol–water partition coefficient (Wildman–Crippen LogP) is 3.95. The van der Waals surface area contributed by atoms with Gasteiger partial charge in [-0.2, -0.15) is 5.10 Å². The number of amides is 3. The average molecular weight is 466 g/mol. The van der Waals surface area contributed by atoms with Crippen LogP contribution in [0.15, 0.2) is 91.1 Å². The number of carbonyl (C=O) groups is 3. The second-order valence-electron chi connectivity index (χ2n) is 8.02. The molecule has 8 heteroatoms. The molecule has 0 unspecified atom stereocenters. The number of hydrogen-bond acceptors (Lipinski definition) is 5. The molecule has 8 nitrogen and oxygen atoms in total. The van der Waals surface area contributed by atoms with Gasteiger partial charge in [0.1, 0.15) is 6.61 Å². The van der Waals surface area contributed by atoms with Gasteiger partial charge in [-0.15, -0.1) is 0 Å². The maximum atomic E-state index is 13.0. The highest BCUT2D eigenvalue weighted by Crippen LogP contribution is 2.25. The van der Waals surface area contributed by atoms with Crippen molar-refractivity contribution >= 4 is 17.9 Å². The molecule has 0 atom stereocenters. The fraction of sp³-hybridized carbons (Fsp3) is 0.111. The fourth-order valence-electron chi connectivity index (χ4n) is 3.93. The van der Waals surface area contributed by atoms with E-state index in [9.17, 15) is 14.4 Å². The lowest BCUT2D eigenvalue weighted by Gasteiger charge is -2.15. The van der Waals surface area contributed by atoms with E-state index in [4.69, 9.17) is 9.84 Å². The molecular weight excluding hydrogens is 444 g/mol. The quantitative estimate of drug-likeness (QED) is 0.329. The van der Waals surface area contributed by atoms with Gasteiger partial charge in [-0.25, -0.2) is 14.3 Å². The smallest absolute Gasteiger partial charge is 0.338 e. The average Bonchev–Trinajstić information content (AvgIpc) is 3.47. The van der Waals surface area contributed by atoms with Crippen molar-refractivity contribution in [2.24, 2.45) is 0 Å². The first-order valence-electron chi connectivity index (χ1n) is 11.1. The third-order valence-corrected chi connectivity index (χ3v) is 5.72. The SMILES string of the molecule is O=C(OCc1cn(-c2ccccc2)nc1-c1ccccc1)c1ccccc1CN1C(=O)CNC1=O. The van der Waals surface area contributed by atoms with Crippen molar-refractivity contribution in [2.45, 2.75) is 13.2 Å². The summed E-state index contributed by atoms with van der Waals surface area (Å²) in [5.74, 6) is -0.877. The summed E-state index contributed by atoms with van der Waals surface area (Å²) in [4.78, 5) is 38.1.